The quantitative estimate of drug-likeness (QED) is 0.610. The van der Waals surface area contributed by atoms with Crippen molar-refractivity contribution in [2.45, 2.75) is 32.5 Å². The van der Waals surface area contributed by atoms with Crippen LogP contribution in [-0.2, 0) is 11.1 Å². The molecule has 0 aliphatic heterocycles. The number of allylic oxidation sites excluding steroid dienone is 2. The molecular formula is C10H15F3O3S. The number of hydrogen-bond acceptors (Lipinski definition) is 2. The molecule has 0 saturated carbocycles. The van der Waals surface area contributed by atoms with E-state index in [-0.39, 0.29) is 11.3 Å². The molecule has 0 saturated heterocycles. The minimum Gasteiger partial charge on any atom is -0.377 e. The zero-order valence-corrected chi connectivity index (χ0v) is 10.5. The van der Waals surface area contributed by atoms with Gasteiger partial charge in [0.2, 0.25) is 0 Å². The van der Waals surface area contributed by atoms with Crippen LogP contribution in [-0.4, -0.2) is 31.4 Å². The van der Waals surface area contributed by atoms with E-state index in [1.54, 1.807) is 0 Å². The summed E-state index contributed by atoms with van der Waals surface area (Å²) in [6, 6.07) is 0. The molecule has 0 heterocycles. The Hall–Kier alpha value is -0.660. The molecule has 3 nitrogen and oxygen atoms in total. The van der Waals surface area contributed by atoms with Crippen LogP contribution in [0.2, 0.25) is 0 Å². The topological polar surface area (TPSA) is 57.5 Å². The van der Waals surface area contributed by atoms with E-state index in [2.05, 4.69) is 0 Å². The first-order chi connectivity index (χ1) is 7.48. The molecule has 0 aliphatic carbocycles. The summed E-state index contributed by atoms with van der Waals surface area (Å²) in [5, 5.41) is 9.28. The van der Waals surface area contributed by atoms with Gasteiger partial charge in [-0.2, -0.15) is 13.2 Å². The van der Waals surface area contributed by atoms with Crippen molar-refractivity contribution in [3.05, 3.63) is 23.3 Å². The summed E-state index contributed by atoms with van der Waals surface area (Å²) in [5.74, 6) is -0.141. The highest BCUT2D eigenvalue weighted by molar-refractivity contribution is 7.79. The summed E-state index contributed by atoms with van der Waals surface area (Å²) in [5.41, 5.74) is -2.74. The van der Waals surface area contributed by atoms with E-state index in [0.717, 1.165) is 13.0 Å². The monoisotopic (exact) mass is 272 g/mol. The molecule has 2 unspecified atom stereocenters. The van der Waals surface area contributed by atoms with Gasteiger partial charge in [0.1, 0.15) is 0 Å². The molecule has 0 aromatic rings. The van der Waals surface area contributed by atoms with Crippen LogP contribution < -0.4 is 0 Å². The molecule has 0 aliphatic rings. The van der Waals surface area contributed by atoms with Crippen LogP contribution in [0.25, 0.3) is 0 Å². The van der Waals surface area contributed by atoms with Crippen molar-refractivity contribution in [3.63, 3.8) is 0 Å². The first kappa shape index (κ1) is 16.3. The lowest BCUT2D eigenvalue weighted by molar-refractivity contribution is -0.236. The average molecular weight is 272 g/mol. The highest BCUT2D eigenvalue weighted by atomic mass is 32.2. The first-order valence-electron chi connectivity index (χ1n) is 4.69. The maximum Gasteiger partial charge on any atom is 0.420 e. The van der Waals surface area contributed by atoms with Gasteiger partial charge in [-0.3, -0.25) is 0 Å². The van der Waals surface area contributed by atoms with Gasteiger partial charge in [-0.15, -0.1) is 0 Å². The zero-order valence-electron chi connectivity index (χ0n) is 9.71. The summed E-state index contributed by atoms with van der Waals surface area (Å²) >= 11 is -2.03. The Kier molecular flexibility index (Phi) is 5.57. The summed E-state index contributed by atoms with van der Waals surface area (Å²) in [4.78, 5) is 0. The lowest BCUT2D eigenvalue weighted by atomic mass is 9.96. The summed E-state index contributed by atoms with van der Waals surface area (Å²) < 4.78 is 56.2. The van der Waals surface area contributed by atoms with E-state index in [4.69, 9.17) is 4.55 Å². The molecule has 7 heteroatoms. The van der Waals surface area contributed by atoms with Crippen molar-refractivity contribution in [2.24, 2.45) is 0 Å². The van der Waals surface area contributed by atoms with Gasteiger partial charge < -0.3 is 9.66 Å². The Balaban J connectivity index is 4.94. The van der Waals surface area contributed by atoms with Crippen LogP contribution in [0.4, 0.5) is 13.2 Å². The zero-order chi connectivity index (χ0) is 13.9. The largest absolute Gasteiger partial charge is 0.420 e. The fourth-order valence-electron chi connectivity index (χ4n) is 0.896. The van der Waals surface area contributed by atoms with Crippen LogP contribution in [0, 0.1) is 0 Å². The maximum absolute atomic E-state index is 12.4. The summed E-state index contributed by atoms with van der Waals surface area (Å²) in [7, 11) is 0. The SMILES string of the molecule is C/C(=C\C=C(/C)C(C)(O)C(F)(F)F)CS(=O)O. The third-order valence-corrected chi connectivity index (χ3v) is 2.99. The Bertz CT molecular complexity index is 356. The molecule has 0 aromatic carbocycles. The smallest absolute Gasteiger partial charge is 0.377 e. The predicted molar refractivity (Wildman–Crippen MR) is 59.8 cm³/mol. The van der Waals surface area contributed by atoms with Gasteiger partial charge in [0.05, 0.1) is 5.75 Å². The molecule has 0 spiro atoms. The van der Waals surface area contributed by atoms with Crippen molar-refractivity contribution in [1.82, 2.24) is 0 Å². The fourth-order valence-corrected chi connectivity index (χ4v) is 1.38. The summed E-state index contributed by atoms with van der Waals surface area (Å²) in [6.45, 7) is 3.32. The van der Waals surface area contributed by atoms with Gasteiger partial charge in [0, 0.05) is 0 Å². The number of hydrogen-bond donors (Lipinski definition) is 2. The summed E-state index contributed by atoms with van der Waals surface area (Å²) in [6.07, 6.45) is -2.38. The van der Waals surface area contributed by atoms with E-state index in [1.165, 1.54) is 13.0 Å². The van der Waals surface area contributed by atoms with Crippen molar-refractivity contribution in [3.8, 4) is 0 Å². The van der Waals surface area contributed by atoms with Gasteiger partial charge in [-0.05, 0) is 26.3 Å². The Morgan fingerprint density at radius 1 is 1.29 bits per heavy atom. The Morgan fingerprint density at radius 3 is 2.12 bits per heavy atom. The third-order valence-electron chi connectivity index (χ3n) is 2.29. The molecule has 0 aromatic heterocycles. The standard InChI is InChI=1S/C10H15F3O3S/c1-7(6-17(15)16)4-5-8(2)9(3,14)10(11,12)13/h4-5,14H,6H2,1-3H3,(H,15,16)/b7-4+,8-5+. The molecule has 17 heavy (non-hydrogen) atoms. The molecule has 0 amide bonds. The second-order valence-corrected chi connectivity index (χ2v) is 4.83. The van der Waals surface area contributed by atoms with Gasteiger partial charge >= 0.3 is 6.18 Å². The van der Waals surface area contributed by atoms with Gasteiger partial charge in [-0.1, -0.05) is 17.7 Å². The molecule has 0 radical (unpaired) electrons. The van der Waals surface area contributed by atoms with E-state index in [9.17, 15) is 22.5 Å². The number of rotatable bonds is 4. The second-order valence-electron chi connectivity index (χ2n) is 3.90. The van der Waals surface area contributed by atoms with E-state index in [0.29, 0.717) is 12.5 Å². The van der Waals surface area contributed by atoms with Gasteiger partial charge in [0.15, 0.2) is 16.7 Å². The predicted octanol–water partition coefficient (Wildman–Crippen LogP) is 2.41. The molecular weight excluding hydrogens is 257 g/mol. The average Bonchev–Trinajstić information content (AvgIpc) is 2.10. The molecule has 0 rings (SSSR count). The van der Waals surface area contributed by atoms with E-state index >= 15 is 0 Å². The molecule has 0 bridgehead atoms. The first-order valence-corrected chi connectivity index (χ1v) is 5.97. The van der Waals surface area contributed by atoms with Crippen LogP contribution in [0.5, 0.6) is 0 Å². The fraction of sp³-hybridized carbons (Fsp3) is 0.600. The van der Waals surface area contributed by atoms with E-state index < -0.39 is 22.9 Å². The normalized spacial score (nSPS) is 20.0. The lowest BCUT2D eigenvalue weighted by Gasteiger charge is -2.27. The Labute approximate surface area is 100 Å². The highest BCUT2D eigenvalue weighted by Gasteiger charge is 2.50. The lowest BCUT2D eigenvalue weighted by Crippen LogP contribution is -2.43. The van der Waals surface area contributed by atoms with Gasteiger partial charge in [0.25, 0.3) is 0 Å². The van der Waals surface area contributed by atoms with Crippen LogP contribution in [0.3, 0.4) is 0 Å². The second kappa shape index (κ2) is 5.79. The maximum atomic E-state index is 12.4. The van der Waals surface area contributed by atoms with E-state index in [1.807, 2.05) is 0 Å². The van der Waals surface area contributed by atoms with Crippen LogP contribution >= 0.6 is 0 Å². The van der Waals surface area contributed by atoms with Gasteiger partial charge in [-0.25, -0.2) is 4.21 Å². The number of halogens is 3. The van der Waals surface area contributed by atoms with Crippen molar-refractivity contribution < 1.29 is 27.0 Å². The highest BCUT2D eigenvalue weighted by Crippen LogP contribution is 2.35. The third kappa shape index (κ3) is 5.01. The number of aliphatic hydroxyl groups is 1. The minimum atomic E-state index is -4.75. The van der Waals surface area contributed by atoms with Crippen LogP contribution in [0.1, 0.15) is 20.8 Å². The van der Waals surface area contributed by atoms with Crippen molar-refractivity contribution in [1.29, 1.82) is 0 Å². The Morgan fingerprint density at radius 2 is 1.76 bits per heavy atom. The molecule has 2 N–H and O–H groups in total. The molecule has 0 fully saturated rings. The molecule has 100 valence electrons. The van der Waals surface area contributed by atoms with Crippen molar-refractivity contribution in [2.75, 3.05) is 5.75 Å². The molecule has 2 atom stereocenters. The van der Waals surface area contributed by atoms with Crippen molar-refractivity contribution >= 4 is 11.1 Å². The minimum absolute atomic E-state index is 0.141. The van der Waals surface area contributed by atoms with Crippen LogP contribution in [0.15, 0.2) is 23.3 Å². The number of alkyl halides is 3.